The molecule has 8 nitrogen and oxygen atoms in total. The number of nitrogens with zero attached hydrogens (tertiary/aromatic N) is 1. The molecule has 2 rings (SSSR count). The molecule has 0 radical (unpaired) electrons. The predicted molar refractivity (Wildman–Crippen MR) is 134 cm³/mol. The molecule has 2 atom stereocenters. The minimum absolute atomic E-state index is 0.0869. The fourth-order valence-corrected chi connectivity index (χ4v) is 3.59. The van der Waals surface area contributed by atoms with Crippen molar-refractivity contribution in [3.8, 4) is 0 Å². The van der Waals surface area contributed by atoms with Gasteiger partial charge in [-0.2, -0.15) is 0 Å². The van der Waals surface area contributed by atoms with Gasteiger partial charge in [0.2, 0.25) is 11.8 Å². The van der Waals surface area contributed by atoms with Crippen molar-refractivity contribution < 1.29 is 24.2 Å². The highest BCUT2D eigenvalue weighted by molar-refractivity contribution is 5.92. The van der Waals surface area contributed by atoms with Crippen LogP contribution in [0.5, 0.6) is 0 Å². The van der Waals surface area contributed by atoms with Crippen LogP contribution in [0, 0.1) is 5.92 Å². The first kappa shape index (κ1) is 27.9. The number of hydrogen-bond acceptors (Lipinski definition) is 5. The van der Waals surface area contributed by atoms with E-state index < -0.39 is 29.7 Å². The number of rotatable bonds is 10. The van der Waals surface area contributed by atoms with Crippen LogP contribution in [0.4, 0.5) is 4.79 Å². The molecule has 190 valence electrons. The summed E-state index contributed by atoms with van der Waals surface area (Å²) in [6.45, 7) is 8.65. The lowest BCUT2D eigenvalue weighted by molar-refractivity contribution is -0.144. The van der Waals surface area contributed by atoms with Gasteiger partial charge < -0.3 is 25.4 Å². The lowest BCUT2D eigenvalue weighted by Gasteiger charge is -2.35. The molecule has 3 amide bonds. The number of ether oxygens (including phenoxy) is 1. The molecule has 0 saturated carbocycles. The molecule has 3 N–H and O–H groups in total. The van der Waals surface area contributed by atoms with E-state index in [2.05, 4.69) is 10.6 Å². The van der Waals surface area contributed by atoms with Crippen molar-refractivity contribution in [3.63, 3.8) is 0 Å². The average Bonchev–Trinajstić information content (AvgIpc) is 2.80. The zero-order chi connectivity index (χ0) is 26.0. The van der Waals surface area contributed by atoms with Gasteiger partial charge in [-0.15, -0.1) is 0 Å². The summed E-state index contributed by atoms with van der Waals surface area (Å²) in [6, 6.07) is 16.4. The summed E-state index contributed by atoms with van der Waals surface area (Å²) >= 11 is 0. The van der Waals surface area contributed by atoms with Crippen LogP contribution >= 0.6 is 0 Å². The van der Waals surface area contributed by atoms with Gasteiger partial charge in [-0.05, 0) is 37.8 Å². The second kappa shape index (κ2) is 12.9. The maximum Gasteiger partial charge on any atom is 0.408 e. The summed E-state index contributed by atoms with van der Waals surface area (Å²) < 4.78 is 5.34. The van der Waals surface area contributed by atoms with Gasteiger partial charge in [0, 0.05) is 13.1 Å². The first-order valence-electron chi connectivity index (χ1n) is 11.8. The van der Waals surface area contributed by atoms with Gasteiger partial charge in [0.1, 0.15) is 17.7 Å². The number of hydrogen-bond donors (Lipinski definition) is 3. The van der Waals surface area contributed by atoms with Crippen molar-refractivity contribution >= 4 is 17.9 Å². The van der Waals surface area contributed by atoms with E-state index in [0.29, 0.717) is 5.56 Å². The summed E-state index contributed by atoms with van der Waals surface area (Å²) in [5, 5.41) is 15.3. The topological polar surface area (TPSA) is 108 Å². The monoisotopic (exact) mass is 483 g/mol. The molecule has 0 fully saturated rings. The molecule has 0 heterocycles. The van der Waals surface area contributed by atoms with Crippen LogP contribution in [-0.4, -0.2) is 52.7 Å². The molecule has 0 saturated heterocycles. The number of carbonyl (C=O) groups is 3. The number of carbonyl (C=O) groups excluding carboxylic acids is 3. The van der Waals surface area contributed by atoms with Crippen LogP contribution in [0.1, 0.15) is 51.8 Å². The highest BCUT2D eigenvalue weighted by atomic mass is 16.6. The number of benzene rings is 2. The minimum Gasteiger partial charge on any atom is -0.444 e. The Balaban J connectivity index is 2.35. The number of alkyl carbamates (subject to hydrolysis) is 1. The number of nitrogens with one attached hydrogen (secondary N) is 2. The predicted octanol–water partition coefficient (Wildman–Crippen LogP) is 3.41. The van der Waals surface area contributed by atoms with Crippen molar-refractivity contribution in [1.82, 2.24) is 15.5 Å². The largest absolute Gasteiger partial charge is 0.444 e. The van der Waals surface area contributed by atoms with E-state index in [1.165, 1.54) is 4.90 Å². The Morgan fingerprint density at radius 1 is 0.971 bits per heavy atom. The van der Waals surface area contributed by atoms with Gasteiger partial charge >= 0.3 is 6.09 Å². The third-order valence-electron chi connectivity index (χ3n) is 5.21. The third-order valence-corrected chi connectivity index (χ3v) is 5.21. The van der Waals surface area contributed by atoms with Gasteiger partial charge in [-0.1, -0.05) is 74.5 Å². The van der Waals surface area contributed by atoms with Crippen LogP contribution in [-0.2, 0) is 20.9 Å². The standard InChI is InChI=1S/C27H37N3O5/c1-19(2)22(29-26(34)35-27(3,4)5)25(33)30(16-17-31)23(21-14-10-7-11-15-21)24(32)28-18-20-12-8-6-9-13-20/h6-15,19,22-23,31H,16-18H2,1-5H3,(H,28,32)(H,29,34). The highest BCUT2D eigenvalue weighted by Gasteiger charge is 2.37. The van der Waals surface area contributed by atoms with E-state index in [1.807, 2.05) is 36.4 Å². The van der Waals surface area contributed by atoms with Crippen LogP contribution < -0.4 is 10.6 Å². The molecular formula is C27H37N3O5. The van der Waals surface area contributed by atoms with Crippen molar-refractivity contribution in [2.75, 3.05) is 13.2 Å². The van der Waals surface area contributed by atoms with Gasteiger partial charge in [0.05, 0.1) is 6.61 Å². The quantitative estimate of drug-likeness (QED) is 0.480. The van der Waals surface area contributed by atoms with E-state index in [9.17, 15) is 19.5 Å². The van der Waals surface area contributed by atoms with Crippen molar-refractivity contribution in [1.29, 1.82) is 0 Å². The smallest absolute Gasteiger partial charge is 0.408 e. The summed E-state index contributed by atoms with van der Waals surface area (Å²) in [5.74, 6) is -1.16. The molecule has 0 aliphatic rings. The number of aliphatic hydroxyl groups is 1. The molecule has 8 heteroatoms. The Morgan fingerprint density at radius 2 is 1.54 bits per heavy atom. The van der Waals surface area contributed by atoms with Crippen LogP contribution in [0.3, 0.4) is 0 Å². The van der Waals surface area contributed by atoms with E-state index >= 15 is 0 Å². The van der Waals surface area contributed by atoms with Crippen LogP contribution in [0.15, 0.2) is 60.7 Å². The first-order chi connectivity index (χ1) is 16.5. The fourth-order valence-electron chi connectivity index (χ4n) is 3.59. The lowest BCUT2D eigenvalue weighted by Crippen LogP contribution is -2.55. The maximum absolute atomic E-state index is 13.7. The van der Waals surface area contributed by atoms with Crippen molar-refractivity contribution in [2.24, 2.45) is 5.92 Å². The normalized spacial score (nSPS) is 13.0. The summed E-state index contributed by atoms with van der Waals surface area (Å²) in [4.78, 5) is 41.0. The molecule has 0 spiro atoms. The van der Waals surface area contributed by atoms with E-state index in [4.69, 9.17) is 4.74 Å². The Bertz CT molecular complexity index is 958. The van der Waals surface area contributed by atoms with Gasteiger partial charge in [-0.3, -0.25) is 9.59 Å². The molecule has 2 aromatic rings. The molecule has 0 aliphatic heterocycles. The second-order valence-corrected chi connectivity index (χ2v) is 9.64. The van der Waals surface area contributed by atoms with Gasteiger partial charge in [0.25, 0.3) is 0 Å². The van der Waals surface area contributed by atoms with Gasteiger partial charge in [0.15, 0.2) is 0 Å². The number of amides is 3. The van der Waals surface area contributed by atoms with Crippen molar-refractivity contribution in [3.05, 3.63) is 71.8 Å². The summed E-state index contributed by atoms with van der Waals surface area (Å²) in [6.07, 6.45) is -0.724. The number of aliphatic hydroxyl groups excluding tert-OH is 1. The molecular weight excluding hydrogens is 446 g/mol. The van der Waals surface area contributed by atoms with E-state index in [1.54, 1.807) is 58.9 Å². The summed E-state index contributed by atoms with van der Waals surface area (Å²) in [5.41, 5.74) is 0.780. The average molecular weight is 484 g/mol. The second-order valence-electron chi connectivity index (χ2n) is 9.64. The van der Waals surface area contributed by atoms with E-state index in [0.717, 1.165) is 5.56 Å². The van der Waals surface area contributed by atoms with E-state index in [-0.39, 0.29) is 31.5 Å². The molecule has 2 aromatic carbocycles. The third kappa shape index (κ3) is 8.72. The Morgan fingerprint density at radius 3 is 2.06 bits per heavy atom. The zero-order valence-electron chi connectivity index (χ0n) is 21.2. The SMILES string of the molecule is CC(C)C(NC(=O)OC(C)(C)C)C(=O)N(CCO)C(C(=O)NCc1ccccc1)c1ccccc1. The lowest BCUT2D eigenvalue weighted by atomic mass is 9.99. The Hall–Kier alpha value is -3.39. The Kier molecular flexibility index (Phi) is 10.3. The molecule has 0 aromatic heterocycles. The first-order valence-corrected chi connectivity index (χ1v) is 11.8. The molecule has 0 bridgehead atoms. The minimum atomic E-state index is -0.999. The van der Waals surface area contributed by atoms with Gasteiger partial charge in [-0.25, -0.2) is 4.79 Å². The zero-order valence-corrected chi connectivity index (χ0v) is 21.2. The Labute approximate surface area is 207 Å². The molecule has 2 unspecified atom stereocenters. The molecule has 35 heavy (non-hydrogen) atoms. The molecule has 0 aliphatic carbocycles. The fraction of sp³-hybridized carbons (Fsp3) is 0.444. The maximum atomic E-state index is 13.7. The summed E-state index contributed by atoms with van der Waals surface area (Å²) in [7, 11) is 0. The van der Waals surface area contributed by atoms with Crippen molar-refractivity contribution in [2.45, 2.75) is 58.8 Å². The highest BCUT2D eigenvalue weighted by Crippen LogP contribution is 2.24. The van der Waals surface area contributed by atoms with Crippen LogP contribution in [0.2, 0.25) is 0 Å². The van der Waals surface area contributed by atoms with Crippen LogP contribution in [0.25, 0.3) is 0 Å².